The van der Waals surface area contributed by atoms with Crippen LogP contribution in [0.15, 0.2) is 30.3 Å². The van der Waals surface area contributed by atoms with Crippen LogP contribution in [0.1, 0.15) is 44.1 Å². The fraction of sp³-hybridized carbons (Fsp3) is 0.526. The van der Waals surface area contributed by atoms with Gasteiger partial charge < -0.3 is 10.4 Å². The predicted octanol–water partition coefficient (Wildman–Crippen LogP) is 3.38. The molecule has 23 heavy (non-hydrogen) atoms. The lowest BCUT2D eigenvalue weighted by molar-refractivity contribution is 0.128. The number of aliphatic hydroxyl groups is 1. The van der Waals surface area contributed by atoms with E-state index < -0.39 is 0 Å². The highest BCUT2D eigenvalue weighted by Gasteiger charge is 2.20. The summed E-state index contributed by atoms with van der Waals surface area (Å²) in [5.74, 6) is 0. The molecule has 0 fully saturated rings. The lowest BCUT2D eigenvalue weighted by Crippen LogP contribution is -2.31. The molecule has 1 aromatic carbocycles. The fourth-order valence-corrected chi connectivity index (χ4v) is 3.15. The molecular weight excluding hydrogens is 286 g/mol. The number of aryl methyl sites for hydroxylation is 1. The van der Waals surface area contributed by atoms with Crippen LogP contribution in [0, 0.1) is 19.3 Å². The molecule has 0 spiro atoms. The second-order valence-electron chi connectivity index (χ2n) is 7.22. The summed E-state index contributed by atoms with van der Waals surface area (Å²) in [5, 5.41) is 17.8. The second kappa shape index (κ2) is 7.28. The maximum atomic E-state index is 9.58. The van der Waals surface area contributed by atoms with E-state index in [0.717, 1.165) is 30.9 Å². The zero-order valence-corrected chi connectivity index (χ0v) is 14.9. The van der Waals surface area contributed by atoms with E-state index in [0.29, 0.717) is 0 Å². The first-order valence-corrected chi connectivity index (χ1v) is 8.29. The average molecular weight is 315 g/mol. The minimum Gasteiger partial charge on any atom is -0.393 e. The van der Waals surface area contributed by atoms with Crippen molar-refractivity contribution >= 4 is 0 Å². The largest absolute Gasteiger partial charge is 0.393 e. The monoisotopic (exact) mass is 315 g/mol. The van der Waals surface area contributed by atoms with Crippen molar-refractivity contribution in [2.75, 3.05) is 6.54 Å². The first-order chi connectivity index (χ1) is 10.8. The third-order valence-electron chi connectivity index (χ3n) is 4.20. The molecule has 4 nitrogen and oxygen atoms in total. The van der Waals surface area contributed by atoms with Crippen LogP contribution in [-0.2, 0) is 6.54 Å². The molecular formula is C19H29N3O. The molecule has 2 rings (SSSR count). The molecule has 0 saturated carbocycles. The number of benzene rings is 1. The van der Waals surface area contributed by atoms with E-state index in [1.807, 2.05) is 29.8 Å². The maximum absolute atomic E-state index is 9.58. The van der Waals surface area contributed by atoms with Gasteiger partial charge >= 0.3 is 0 Å². The molecule has 2 aromatic rings. The van der Waals surface area contributed by atoms with Gasteiger partial charge in [-0.05, 0) is 44.7 Å². The van der Waals surface area contributed by atoms with E-state index in [1.54, 1.807) is 0 Å². The number of hydrogen-bond donors (Lipinski definition) is 2. The zero-order chi connectivity index (χ0) is 17.0. The molecule has 2 N–H and O–H groups in total. The smallest absolute Gasteiger partial charge is 0.0648 e. The molecule has 1 atom stereocenters. The minimum atomic E-state index is -0.267. The van der Waals surface area contributed by atoms with Gasteiger partial charge in [-0.3, -0.25) is 0 Å². The SMILES string of the molecule is Cc1nn(-c2ccccc2)c(C)c1CNCC(C)(C)CC(C)O. The van der Waals surface area contributed by atoms with Gasteiger partial charge in [-0.15, -0.1) is 0 Å². The Kier molecular flexibility index (Phi) is 5.60. The van der Waals surface area contributed by atoms with Crippen molar-refractivity contribution < 1.29 is 5.11 Å². The molecule has 1 aromatic heterocycles. The van der Waals surface area contributed by atoms with Gasteiger partial charge in [0.2, 0.25) is 0 Å². The van der Waals surface area contributed by atoms with Crippen molar-refractivity contribution in [3.05, 3.63) is 47.3 Å². The number of nitrogens with zero attached hydrogens (tertiary/aromatic N) is 2. The van der Waals surface area contributed by atoms with Crippen molar-refractivity contribution in [3.8, 4) is 5.69 Å². The normalized spacial score (nSPS) is 13.3. The summed E-state index contributed by atoms with van der Waals surface area (Å²) in [6.07, 6.45) is 0.525. The highest BCUT2D eigenvalue weighted by molar-refractivity contribution is 5.36. The predicted molar refractivity (Wildman–Crippen MR) is 94.8 cm³/mol. The average Bonchev–Trinajstić information content (AvgIpc) is 2.74. The number of nitrogens with one attached hydrogen (secondary N) is 1. The van der Waals surface area contributed by atoms with E-state index in [4.69, 9.17) is 0 Å². The number of rotatable bonds is 7. The Labute approximate surface area is 139 Å². The van der Waals surface area contributed by atoms with Gasteiger partial charge in [0, 0.05) is 24.3 Å². The first kappa shape index (κ1) is 17.7. The molecule has 126 valence electrons. The second-order valence-corrected chi connectivity index (χ2v) is 7.22. The van der Waals surface area contributed by atoms with Crippen LogP contribution in [0.5, 0.6) is 0 Å². The Morgan fingerprint density at radius 1 is 1.22 bits per heavy atom. The van der Waals surface area contributed by atoms with Gasteiger partial charge in [-0.2, -0.15) is 5.10 Å². The Hall–Kier alpha value is -1.65. The van der Waals surface area contributed by atoms with Crippen molar-refractivity contribution in [2.24, 2.45) is 5.41 Å². The highest BCUT2D eigenvalue weighted by atomic mass is 16.3. The van der Waals surface area contributed by atoms with Crippen LogP contribution in [0.2, 0.25) is 0 Å². The summed E-state index contributed by atoms with van der Waals surface area (Å²) in [5.41, 5.74) is 4.66. The third kappa shape index (κ3) is 4.66. The molecule has 0 saturated heterocycles. The summed E-state index contributed by atoms with van der Waals surface area (Å²) < 4.78 is 2.01. The molecule has 0 bridgehead atoms. The van der Waals surface area contributed by atoms with Crippen LogP contribution in [-0.4, -0.2) is 27.5 Å². The van der Waals surface area contributed by atoms with Gasteiger partial charge in [0.05, 0.1) is 17.5 Å². The van der Waals surface area contributed by atoms with E-state index in [-0.39, 0.29) is 11.5 Å². The topological polar surface area (TPSA) is 50.1 Å². The molecule has 0 radical (unpaired) electrons. The summed E-state index contributed by atoms with van der Waals surface area (Å²) in [7, 11) is 0. The van der Waals surface area contributed by atoms with E-state index in [2.05, 4.69) is 50.2 Å². The molecule has 1 heterocycles. The number of aromatic nitrogens is 2. The van der Waals surface area contributed by atoms with Crippen LogP contribution < -0.4 is 5.32 Å². The molecule has 4 heteroatoms. The number of aliphatic hydroxyl groups excluding tert-OH is 1. The van der Waals surface area contributed by atoms with Crippen LogP contribution in [0.4, 0.5) is 0 Å². The van der Waals surface area contributed by atoms with Gasteiger partial charge in [-0.25, -0.2) is 4.68 Å². The third-order valence-corrected chi connectivity index (χ3v) is 4.20. The summed E-state index contributed by atoms with van der Waals surface area (Å²) >= 11 is 0. The van der Waals surface area contributed by atoms with Gasteiger partial charge in [0.1, 0.15) is 0 Å². The fourth-order valence-electron chi connectivity index (χ4n) is 3.15. The van der Waals surface area contributed by atoms with Gasteiger partial charge in [-0.1, -0.05) is 32.0 Å². The number of para-hydroxylation sites is 1. The highest BCUT2D eigenvalue weighted by Crippen LogP contribution is 2.22. The quantitative estimate of drug-likeness (QED) is 0.823. The Morgan fingerprint density at radius 2 is 1.87 bits per heavy atom. The molecule has 0 amide bonds. The van der Waals surface area contributed by atoms with Crippen molar-refractivity contribution in [2.45, 2.75) is 53.7 Å². The molecule has 0 aliphatic rings. The number of hydrogen-bond acceptors (Lipinski definition) is 3. The molecule has 1 unspecified atom stereocenters. The van der Waals surface area contributed by atoms with E-state index in [1.165, 1.54) is 11.3 Å². The van der Waals surface area contributed by atoms with Crippen molar-refractivity contribution in [1.29, 1.82) is 0 Å². The van der Waals surface area contributed by atoms with Gasteiger partial charge in [0.25, 0.3) is 0 Å². The zero-order valence-electron chi connectivity index (χ0n) is 14.9. The van der Waals surface area contributed by atoms with E-state index in [9.17, 15) is 5.11 Å². The summed E-state index contributed by atoms with van der Waals surface area (Å²) in [6, 6.07) is 10.2. The summed E-state index contributed by atoms with van der Waals surface area (Å²) in [6.45, 7) is 12.1. The Morgan fingerprint density at radius 3 is 2.48 bits per heavy atom. The minimum absolute atomic E-state index is 0.0748. The van der Waals surface area contributed by atoms with Crippen LogP contribution >= 0.6 is 0 Å². The molecule has 0 aliphatic carbocycles. The van der Waals surface area contributed by atoms with Crippen molar-refractivity contribution in [1.82, 2.24) is 15.1 Å². The van der Waals surface area contributed by atoms with Crippen LogP contribution in [0.25, 0.3) is 5.69 Å². The Bertz CT molecular complexity index is 630. The lowest BCUT2D eigenvalue weighted by Gasteiger charge is -2.26. The van der Waals surface area contributed by atoms with Crippen LogP contribution in [0.3, 0.4) is 0 Å². The lowest BCUT2D eigenvalue weighted by atomic mass is 9.87. The molecule has 0 aliphatic heterocycles. The Balaban J connectivity index is 2.06. The van der Waals surface area contributed by atoms with E-state index >= 15 is 0 Å². The standard InChI is InChI=1S/C19H29N3O/c1-14(23)11-19(4,5)13-20-12-18-15(2)21-22(16(18)3)17-9-7-6-8-10-17/h6-10,14,20,23H,11-13H2,1-5H3. The van der Waals surface area contributed by atoms with Gasteiger partial charge in [0.15, 0.2) is 0 Å². The summed E-state index contributed by atoms with van der Waals surface area (Å²) in [4.78, 5) is 0. The van der Waals surface area contributed by atoms with Crippen molar-refractivity contribution in [3.63, 3.8) is 0 Å². The first-order valence-electron chi connectivity index (χ1n) is 8.29. The maximum Gasteiger partial charge on any atom is 0.0648 e.